The molecule has 4 amide bonds. The highest BCUT2D eigenvalue weighted by atomic mass is 19.3. The van der Waals surface area contributed by atoms with Crippen molar-refractivity contribution in [2.45, 2.75) is 19.5 Å². The van der Waals surface area contributed by atoms with E-state index in [1.807, 2.05) is 5.32 Å². The van der Waals surface area contributed by atoms with Crippen LogP contribution in [-0.4, -0.2) is 80.0 Å². The largest absolute Gasteiger partial charge is 0.442 e. The molecule has 0 saturated carbocycles. The van der Waals surface area contributed by atoms with E-state index in [1.54, 1.807) is 6.92 Å². The number of anilines is 3. The highest BCUT2D eigenvalue weighted by Gasteiger charge is 2.34. The van der Waals surface area contributed by atoms with Crippen LogP contribution in [0.3, 0.4) is 0 Å². The van der Waals surface area contributed by atoms with Crippen LogP contribution >= 0.6 is 0 Å². The summed E-state index contributed by atoms with van der Waals surface area (Å²) in [5.41, 5.74) is 2.40. The van der Waals surface area contributed by atoms with Crippen molar-refractivity contribution in [3.8, 4) is 0 Å². The van der Waals surface area contributed by atoms with E-state index in [0.29, 0.717) is 5.76 Å². The zero-order valence-corrected chi connectivity index (χ0v) is 19.5. The Balaban J connectivity index is 1.39. The van der Waals surface area contributed by atoms with E-state index in [9.17, 15) is 23.2 Å². The molecule has 2 saturated heterocycles. The monoisotopic (exact) mass is 529 g/mol. The van der Waals surface area contributed by atoms with Gasteiger partial charge in [0.05, 0.1) is 25.3 Å². The maximum atomic E-state index is 15.1. The standard InChI is InChI=1S/C21H23F4N7O5/c1-11-6-16(29-37-11)28-20(34)32-5-4-30(3-2-27-32)17-14(22)7-12(8-15(17)23)31-10-13(36-21(31)35)9-26-19(33)18(24)25/h6-8,13,18,27H,2-5,9-10H2,1H3,(H,26,33)(H,28,29,34)/t13-/m0/s1. The first-order valence-electron chi connectivity index (χ1n) is 11.2. The lowest BCUT2D eigenvalue weighted by Crippen LogP contribution is -2.46. The second-order valence-electron chi connectivity index (χ2n) is 8.22. The number of benzene rings is 1. The van der Waals surface area contributed by atoms with Crippen molar-refractivity contribution >= 4 is 35.2 Å². The van der Waals surface area contributed by atoms with Gasteiger partial charge in [0.25, 0.3) is 5.91 Å². The summed E-state index contributed by atoms with van der Waals surface area (Å²) < 4.78 is 64.7. The van der Waals surface area contributed by atoms with Crippen molar-refractivity contribution in [3.05, 3.63) is 35.6 Å². The number of carbonyl (C=O) groups is 3. The van der Waals surface area contributed by atoms with Crippen molar-refractivity contribution in [3.63, 3.8) is 0 Å². The van der Waals surface area contributed by atoms with E-state index in [2.05, 4.69) is 15.9 Å². The molecule has 1 atom stereocenters. The molecule has 3 N–H and O–H groups in total. The molecule has 12 nitrogen and oxygen atoms in total. The van der Waals surface area contributed by atoms with Crippen molar-refractivity contribution in [1.29, 1.82) is 0 Å². The van der Waals surface area contributed by atoms with E-state index >= 15 is 8.78 Å². The van der Waals surface area contributed by atoms with Gasteiger partial charge in [0.15, 0.2) is 17.5 Å². The normalized spacial score (nSPS) is 18.2. The van der Waals surface area contributed by atoms with Crippen LogP contribution in [0.25, 0.3) is 0 Å². The molecule has 3 heterocycles. The van der Waals surface area contributed by atoms with E-state index in [-0.39, 0.29) is 56.5 Å². The van der Waals surface area contributed by atoms with Crippen molar-refractivity contribution in [1.82, 2.24) is 20.9 Å². The molecule has 2 aliphatic heterocycles. The Morgan fingerprint density at radius 2 is 1.92 bits per heavy atom. The number of nitrogens with zero attached hydrogens (tertiary/aromatic N) is 4. The third-order valence-corrected chi connectivity index (χ3v) is 5.59. The highest BCUT2D eigenvalue weighted by Crippen LogP contribution is 2.31. The summed E-state index contributed by atoms with van der Waals surface area (Å²) in [5, 5.41) is 9.41. The summed E-state index contributed by atoms with van der Waals surface area (Å²) in [4.78, 5) is 38.0. The minimum atomic E-state index is -3.22. The molecule has 2 aliphatic rings. The lowest BCUT2D eigenvalue weighted by atomic mass is 10.2. The average molecular weight is 529 g/mol. The van der Waals surface area contributed by atoms with Crippen LogP contribution in [0.4, 0.5) is 44.3 Å². The number of halogens is 4. The second-order valence-corrected chi connectivity index (χ2v) is 8.22. The van der Waals surface area contributed by atoms with Gasteiger partial charge in [-0.3, -0.25) is 20.0 Å². The highest BCUT2D eigenvalue weighted by molar-refractivity contribution is 5.90. The predicted octanol–water partition coefficient (Wildman–Crippen LogP) is 1.83. The van der Waals surface area contributed by atoms with Crippen LogP contribution in [0.2, 0.25) is 0 Å². The average Bonchev–Trinajstić information content (AvgIpc) is 3.32. The number of hydrazine groups is 1. The van der Waals surface area contributed by atoms with Gasteiger partial charge in [-0.1, -0.05) is 5.16 Å². The molecule has 37 heavy (non-hydrogen) atoms. The second kappa shape index (κ2) is 10.9. The van der Waals surface area contributed by atoms with Gasteiger partial charge in [-0.15, -0.1) is 0 Å². The Bertz CT molecular complexity index is 1160. The molecule has 1 aromatic heterocycles. The van der Waals surface area contributed by atoms with Crippen LogP contribution in [0.1, 0.15) is 5.76 Å². The van der Waals surface area contributed by atoms with Crippen LogP contribution in [0, 0.1) is 18.6 Å². The number of urea groups is 1. The summed E-state index contributed by atoms with van der Waals surface area (Å²) in [6, 6.07) is 2.91. The molecule has 200 valence electrons. The van der Waals surface area contributed by atoms with E-state index in [1.165, 1.54) is 16.0 Å². The van der Waals surface area contributed by atoms with Gasteiger partial charge in [0.2, 0.25) is 0 Å². The molecule has 0 unspecified atom stereocenters. The minimum absolute atomic E-state index is 0.0771. The topological polar surface area (TPSA) is 132 Å². The zero-order chi connectivity index (χ0) is 26.7. The maximum Gasteiger partial charge on any atom is 0.414 e. The van der Waals surface area contributed by atoms with Crippen LogP contribution in [-0.2, 0) is 9.53 Å². The Kier molecular flexibility index (Phi) is 7.66. The first-order valence-corrected chi connectivity index (χ1v) is 11.2. The number of alkyl halides is 2. The van der Waals surface area contributed by atoms with Crippen LogP contribution in [0.5, 0.6) is 0 Å². The molecular formula is C21H23F4N7O5. The molecule has 0 aliphatic carbocycles. The lowest BCUT2D eigenvalue weighted by molar-refractivity contribution is -0.132. The smallest absolute Gasteiger partial charge is 0.414 e. The Morgan fingerprint density at radius 1 is 1.19 bits per heavy atom. The Labute approximate surface area is 207 Å². The van der Waals surface area contributed by atoms with Crippen LogP contribution < -0.4 is 25.9 Å². The van der Waals surface area contributed by atoms with E-state index in [0.717, 1.165) is 17.0 Å². The molecule has 16 heteroatoms. The fourth-order valence-corrected chi connectivity index (χ4v) is 3.87. The van der Waals surface area contributed by atoms with Gasteiger partial charge in [-0.2, -0.15) is 8.78 Å². The van der Waals surface area contributed by atoms with Crippen LogP contribution in [0.15, 0.2) is 22.7 Å². The van der Waals surface area contributed by atoms with E-state index in [4.69, 9.17) is 9.26 Å². The molecule has 1 aromatic carbocycles. The number of carbonyl (C=O) groups excluding carboxylic acids is 3. The first kappa shape index (κ1) is 26.0. The van der Waals surface area contributed by atoms with Gasteiger partial charge in [-0.05, 0) is 6.92 Å². The number of nitrogens with one attached hydrogen (secondary N) is 3. The van der Waals surface area contributed by atoms with Gasteiger partial charge in [-0.25, -0.2) is 23.8 Å². The number of ether oxygens (including phenoxy) is 1. The maximum absolute atomic E-state index is 15.1. The fourth-order valence-electron chi connectivity index (χ4n) is 3.87. The number of cyclic esters (lactones) is 1. The summed E-state index contributed by atoms with van der Waals surface area (Å²) in [6.07, 6.45) is -5.14. The van der Waals surface area contributed by atoms with Crippen molar-refractivity contribution < 1.29 is 41.2 Å². The van der Waals surface area contributed by atoms with Gasteiger partial charge < -0.3 is 19.5 Å². The third kappa shape index (κ3) is 6.02. The fraction of sp³-hybridized carbons (Fsp3) is 0.429. The van der Waals surface area contributed by atoms with E-state index < -0.39 is 42.2 Å². The minimum Gasteiger partial charge on any atom is -0.442 e. The summed E-state index contributed by atoms with van der Waals surface area (Å²) >= 11 is 0. The Morgan fingerprint density at radius 3 is 2.57 bits per heavy atom. The molecular weight excluding hydrogens is 506 g/mol. The number of amides is 4. The number of hydrogen-bond acceptors (Lipinski definition) is 8. The lowest BCUT2D eigenvalue weighted by Gasteiger charge is -2.25. The molecule has 2 aromatic rings. The van der Waals surface area contributed by atoms with Gasteiger partial charge in [0.1, 0.15) is 17.6 Å². The SMILES string of the molecule is Cc1cc(NC(=O)N2CCN(c3c(F)cc(N4C[C@H](CNC(=O)C(F)F)OC4=O)cc3F)CCN2)no1. The zero-order valence-electron chi connectivity index (χ0n) is 19.5. The van der Waals surface area contributed by atoms with Crippen molar-refractivity contribution in [2.75, 3.05) is 54.4 Å². The number of aryl methyl sites for hydroxylation is 1. The van der Waals surface area contributed by atoms with Gasteiger partial charge >= 0.3 is 18.5 Å². The quantitative estimate of drug-likeness (QED) is 0.483. The summed E-state index contributed by atoms with van der Waals surface area (Å²) in [7, 11) is 0. The van der Waals surface area contributed by atoms with Gasteiger partial charge in [0, 0.05) is 37.8 Å². The summed E-state index contributed by atoms with van der Waals surface area (Å²) in [5.74, 6) is -2.69. The molecule has 4 rings (SSSR count). The first-order chi connectivity index (χ1) is 17.6. The molecule has 0 spiro atoms. The molecule has 2 fully saturated rings. The predicted molar refractivity (Wildman–Crippen MR) is 120 cm³/mol. The van der Waals surface area contributed by atoms with Crippen molar-refractivity contribution in [2.24, 2.45) is 0 Å². The Hall–Kier alpha value is -4.08. The number of hydrogen-bond donors (Lipinski definition) is 3. The summed E-state index contributed by atoms with van der Waals surface area (Å²) in [6.45, 7) is 1.60. The number of rotatable bonds is 6. The third-order valence-electron chi connectivity index (χ3n) is 5.59. The molecule has 0 bridgehead atoms. The number of aromatic nitrogens is 1. The molecule has 0 radical (unpaired) electrons.